The number of halogens is 2. The predicted molar refractivity (Wildman–Crippen MR) is 65.4 cm³/mol. The van der Waals surface area contributed by atoms with Crippen molar-refractivity contribution in [3.05, 3.63) is 33.5 Å². The van der Waals surface area contributed by atoms with Crippen LogP contribution in [0.1, 0.15) is 44.7 Å². The van der Waals surface area contributed by atoms with Gasteiger partial charge in [-0.25, -0.2) is 4.39 Å². The summed E-state index contributed by atoms with van der Waals surface area (Å²) in [4.78, 5) is 0. The van der Waals surface area contributed by atoms with Gasteiger partial charge >= 0.3 is 0 Å². The number of rotatable bonds is 2. The van der Waals surface area contributed by atoms with Crippen molar-refractivity contribution < 1.29 is 4.39 Å². The van der Waals surface area contributed by atoms with Crippen LogP contribution >= 0.6 is 15.9 Å². The van der Waals surface area contributed by atoms with Crippen LogP contribution < -0.4 is 5.73 Å². The van der Waals surface area contributed by atoms with Crippen LogP contribution in [0.4, 0.5) is 4.39 Å². The number of hydrogen-bond acceptors (Lipinski definition) is 1. The molecule has 0 aliphatic carbocycles. The Morgan fingerprint density at radius 3 is 2.27 bits per heavy atom. The highest BCUT2D eigenvalue weighted by Gasteiger charge is 2.22. The van der Waals surface area contributed by atoms with E-state index < -0.39 is 5.54 Å². The molecule has 0 aliphatic rings. The van der Waals surface area contributed by atoms with Gasteiger partial charge in [0.05, 0.1) is 4.47 Å². The molecular formula is C12H17BrFN. The van der Waals surface area contributed by atoms with Crippen LogP contribution in [0.5, 0.6) is 0 Å². The third-order valence-electron chi connectivity index (χ3n) is 2.41. The maximum atomic E-state index is 13.8. The first kappa shape index (κ1) is 12.7. The monoisotopic (exact) mass is 273 g/mol. The molecule has 0 amide bonds. The first-order chi connectivity index (χ1) is 6.73. The topological polar surface area (TPSA) is 26.0 Å². The minimum atomic E-state index is -0.655. The molecule has 1 aromatic rings. The van der Waals surface area contributed by atoms with Crippen molar-refractivity contribution in [3.63, 3.8) is 0 Å². The zero-order valence-electron chi connectivity index (χ0n) is 9.57. The Balaban J connectivity index is 3.38. The van der Waals surface area contributed by atoms with Crippen molar-refractivity contribution in [2.24, 2.45) is 5.73 Å². The van der Waals surface area contributed by atoms with Gasteiger partial charge < -0.3 is 5.73 Å². The maximum absolute atomic E-state index is 13.8. The van der Waals surface area contributed by atoms with Crippen molar-refractivity contribution in [3.8, 4) is 0 Å². The molecule has 0 bridgehead atoms. The molecule has 0 radical (unpaired) electrons. The van der Waals surface area contributed by atoms with Crippen LogP contribution in [-0.2, 0) is 5.54 Å². The molecule has 2 N–H and O–H groups in total. The molecule has 0 aromatic heterocycles. The van der Waals surface area contributed by atoms with E-state index in [9.17, 15) is 4.39 Å². The molecule has 0 heterocycles. The van der Waals surface area contributed by atoms with Crippen molar-refractivity contribution in [2.75, 3.05) is 0 Å². The van der Waals surface area contributed by atoms with E-state index in [0.717, 1.165) is 5.56 Å². The molecule has 1 nitrogen and oxygen atoms in total. The lowest BCUT2D eigenvalue weighted by atomic mass is 9.91. The van der Waals surface area contributed by atoms with Crippen molar-refractivity contribution in [1.82, 2.24) is 0 Å². The Kier molecular flexibility index (Phi) is 3.56. The van der Waals surface area contributed by atoms with E-state index in [1.54, 1.807) is 0 Å². The van der Waals surface area contributed by atoms with Crippen molar-refractivity contribution in [1.29, 1.82) is 0 Å². The van der Waals surface area contributed by atoms with Crippen molar-refractivity contribution in [2.45, 2.75) is 39.2 Å². The summed E-state index contributed by atoms with van der Waals surface area (Å²) in [6.45, 7) is 7.77. The Morgan fingerprint density at radius 2 is 1.87 bits per heavy atom. The number of nitrogens with two attached hydrogens (primary N) is 1. The van der Waals surface area contributed by atoms with E-state index in [-0.39, 0.29) is 5.82 Å². The first-order valence-corrected chi connectivity index (χ1v) is 5.81. The molecular weight excluding hydrogens is 257 g/mol. The zero-order chi connectivity index (χ0) is 11.8. The van der Waals surface area contributed by atoms with Gasteiger partial charge in [-0.1, -0.05) is 19.9 Å². The average molecular weight is 274 g/mol. The fraction of sp³-hybridized carbons (Fsp3) is 0.500. The van der Waals surface area contributed by atoms with Crippen LogP contribution in [0, 0.1) is 5.82 Å². The second-order valence-electron chi connectivity index (χ2n) is 4.74. The van der Waals surface area contributed by atoms with Crippen molar-refractivity contribution >= 4 is 15.9 Å². The fourth-order valence-electron chi connectivity index (χ4n) is 1.41. The quantitative estimate of drug-likeness (QED) is 0.869. The Bertz CT molecular complexity index is 367. The molecule has 0 saturated carbocycles. The van der Waals surface area contributed by atoms with E-state index >= 15 is 0 Å². The van der Waals surface area contributed by atoms with Gasteiger partial charge in [0, 0.05) is 11.1 Å². The molecule has 84 valence electrons. The Morgan fingerprint density at radius 1 is 1.33 bits per heavy atom. The second kappa shape index (κ2) is 4.22. The van der Waals surface area contributed by atoms with E-state index in [4.69, 9.17) is 5.73 Å². The summed E-state index contributed by atoms with van der Waals surface area (Å²) in [5, 5.41) is 0. The van der Waals surface area contributed by atoms with E-state index in [1.165, 1.54) is 0 Å². The van der Waals surface area contributed by atoms with Gasteiger partial charge in [0.2, 0.25) is 0 Å². The minimum absolute atomic E-state index is 0.257. The summed E-state index contributed by atoms with van der Waals surface area (Å²) >= 11 is 3.23. The summed E-state index contributed by atoms with van der Waals surface area (Å²) in [6.07, 6.45) is 0. The molecule has 0 saturated heterocycles. The third kappa shape index (κ3) is 2.79. The van der Waals surface area contributed by atoms with Crippen LogP contribution in [-0.4, -0.2) is 0 Å². The summed E-state index contributed by atoms with van der Waals surface area (Å²) < 4.78 is 14.3. The van der Waals surface area contributed by atoms with Crippen LogP contribution in [0.15, 0.2) is 16.6 Å². The lowest BCUT2D eigenvalue weighted by molar-refractivity contribution is 0.497. The molecule has 3 heteroatoms. The molecule has 1 aromatic carbocycles. The third-order valence-corrected chi connectivity index (χ3v) is 2.99. The van der Waals surface area contributed by atoms with Gasteiger partial charge in [0.1, 0.15) is 5.82 Å². The Hall–Kier alpha value is -0.410. The molecule has 0 spiro atoms. The summed E-state index contributed by atoms with van der Waals surface area (Å²) in [6, 6.07) is 3.67. The van der Waals surface area contributed by atoms with Gasteiger partial charge in [-0.15, -0.1) is 0 Å². The van der Waals surface area contributed by atoms with Crippen LogP contribution in [0.25, 0.3) is 0 Å². The maximum Gasteiger partial charge on any atom is 0.142 e. The molecule has 0 atom stereocenters. The first-order valence-electron chi connectivity index (χ1n) is 5.01. The van der Waals surface area contributed by atoms with E-state index in [0.29, 0.717) is 16.0 Å². The summed E-state index contributed by atoms with van der Waals surface area (Å²) in [5.74, 6) is 0.106. The predicted octanol–water partition coefficient (Wildman–Crippen LogP) is 3.91. The zero-order valence-corrected chi connectivity index (χ0v) is 11.2. The molecule has 0 aliphatic heterocycles. The molecule has 1 rings (SSSR count). The van der Waals surface area contributed by atoms with Gasteiger partial charge in [-0.05, 0) is 47.3 Å². The SMILES string of the molecule is CC(C)c1cc(Br)c(F)c(C(C)(C)N)c1. The van der Waals surface area contributed by atoms with Crippen LogP contribution in [0.2, 0.25) is 0 Å². The number of benzene rings is 1. The highest BCUT2D eigenvalue weighted by atomic mass is 79.9. The molecule has 0 fully saturated rings. The van der Waals surface area contributed by atoms with Crippen LogP contribution in [0.3, 0.4) is 0 Å². The second-order valence-corrected chi connectivity index (χ2v) is 5.59. The fourth-order valence-corrected chi connectivity index (χ4v) is 1.89. The van der Waals surface area contributed by atoms with Gasteiger partial charge in [0.15, 0.2) is 0 Å². The van der Waals surface area contributed by atoms with Gasteiger partial charge in [-0.2, -0.15) is 0 Å². The molecule has 0 unspecified atom stereocenters. The van der Waals surface area contributed by atoms with Gasteiger partial charge in [0.25, 0.3) is 0 Å². The lowest BCUT2D eigenvalue weighted by Gasteiger charge is -2.22. The lowest BCUT2D eigenvalue weighted by Crippen LogP contribution is -2.30. The largest absolute Gasteiger partial charge is 0.322 e. The normalized spacial score (nSPS) is 12.3. The van der Waals surface area contributed by atoms with E-state index in [1.807, 2.05) is 26.0 Å². The smallest absolute Gasteiger partial charge is 0.142 e. The average Bonchev–Trinajstić information content (AvgIpc) is 2.06. The van der Waals surface area contributed by atoms with E-state index in [2.05, 4.69) is 29.8 Å². The summed E-state index contributed by atoms with van der Waals surface area (Å²) in [5.41, 5.74) is 6.93. The number of hydrogen-bond donors (Lipinski definition) is 1. The highest BCUT2D eigenvalue weighted by molar-refractivity contribution is 9.10. The van der Waals surface area contributed by atoms with Gasteiger partial charge in [-0.3, -0.25) is 0 Å². The Labute approximate surface area is 99.0 Å². The minimum Gasteiger partial charge on any atom is -0.322 e. The molecule has 15 heavy (non-hydrogen) atoms. The highest BCUT2D eigenvalue weighted by Crippen LogP contribution is 2.30. The standard InChI is InChI=1S/C12H17BrFN/c1-7(2)8-5-9(12(3,4)15)11(14)10(13)6-8/h5-7H,15H2,1-4H3. The summed E-state index contributed by atoms with van der Waals surface area (Å²) in [7, 11) is 0.